The van der Waals surface area contributed by atoms with Crippen LogP contribution in [-0.2, 0) is 0 Å². The lowest BCUT2D eigenvalue weighted by molar-refractivity contribution is 0.431. The Morgan fingerprint density at radius 2 is 2.04 bits per heavy atom. The molecule has 2 aromatic heterocycles. The van der Waals surface area contributed by atoms with Crippen LogP contribution in [0.15, 0.2) is 42.1 Å². The van der Waals surface area contributed by atoms with E-state index in [4.69, 9.17) is 10.1 Å². The van der Waals surface area contributed by atoms with Crippen LogP contribution in [0.5, 0.6) is 0 Å². The van der Waals surface area contributed by atoms with Crippen LogP contribution < -0.4 is 3.11 Å². The van der Waals surface area contributed by atoms with Crippen LogP contribution >= 0.6 is 22.9 Å². The van der Waals surface area contributed by atoms with E-state index in [1.165, 1.54) is 43.5 Å². The molecule has 2 aromatic rings. The number of aromatic nitrogens is 3. The highest BCUT2D eigenvalue weighted by atomic mass is 127. The number of fused-ring (bicyclic) bond motifs is 1. The third kappa shape index (κ3) is 3.10. The number of nitrogens with zero attached hydrogens (tertiary/aromatic N) is 4. The third-order valence-corrected chi connectivity index (χ3v) is 6.14. The fourth-order valence-electron chi connectivity index (χ4n) is 3.80. The second-order valence-corrected chi connectivity index (χ2v) is 7.94. The molecule has 0 aromatic carbocycles. The summed E-state index contributed by atoms with van der Waals surface area (Å²) in [7, 11) is 0. The van der Waals surface area contributed by atoms with E-state index in [1.54, 1.807) is 0 Å². The minimum atomic E-state index is 0.567. The molecule has 2 heterocycles. The first-order valence-corrected chi connectivity index (χ1v) is 9.88. The van der Waals surface area contributed by atoms with Gasteiger partial charge in [0.15, 0.2) is 5.65 Å². The SMILES string of the molecule is CC1C=CC=C(N(I)c2nc3cccc(C4CCCCC4)n3n2)C1. The van der Waals surface area contributed by atoms with Crippen LogP contribution in [0, 0.1) is 5.92 Å². The summed E-state index contributed by atoms with van der Waals surface area (Å²) in [6, 6.07) is 6.41. The van der Waals surface area contributed by atoms with Crippen LogP contribution in [0.3, 0.4) is 0 Å². The summed E-state index contributed by atoms with van der Waals surface area (Å²) in [5.74, 6) is 1.97. The van der Waals surface area contributed by atoms with Crippen molar-refractivity contribution in [2.45, 2.75) is 51.4 Å². The lowest BCUT2D eigenvalue weighted by atomic mass is 9.87. The fourth-order valence-corrected chi connectivity index (χ4v) is 4.36. The minimum Gasteiger partial charge on any atom is -0.253 e. The van der Waals surface area contributed by atoms with Gasteiger partial charge in [0.2, 0.25) is 0 Å². The largest absolute Gasteiger partial charge is 0.258 e. The van der Waals surface area contributed by atoms with Gasteiger partial charge in [0.25, 0.3) is 5.95 Å². The maximum atomic E-state index is 4.85. The number of anilines is 1. The molecule has 1 unspecified atom stereocenters. The Bertz CT molecular complexity index is 786. The standard InChI is InChI=1S/C19H23IN4/c1-14-7-5-10-16(13-14)23(20)19-21-18-12-6-11-17(24(18)22-19)15-8-3-2-4-9-15/h5-7,10-12,14-15H,2-4,8-9,13H2,1H3. The maximum absolute atomic E-state index is 4.85. The van der Waals surface area contributed by atoms with Crippen LogP contribution in [-0.4, -0.2) is 14.6 Å². The third-order valence-electron chi connectivity index (χ3n) is 5.09. The van der Waals surface area contributed by atoms with Crippen molar-refractivity contribution in [2.24, 2.45) is 5.92 Å². The molecule has 0 radical (unpaired) electrons. The average Bonchev–Trinajstić information content (AvgIpc) is 3.06. The van der Waals surface area contributed by atoms with Gasteiger partial charge in [-0.1, -0.05) is 44.4 Å². The molecule has 1 fully saturated rings. The Hall–Kier alpha value is -1.37. The van der Waals surface area contributed by atoms with Crippen molar-refractivity contribution < 1.29 is 0 Å². The number of hydrogen-bond acceptors (Lipinski definition) is 3. The molecule has 24 heavy (non-hydrogen) atoms. The van der Waals surface area contributed by atoms with Gasteiger partial charge in [0, 0.05) is 17.3 Å². The van der Waals surface area contributed by atoms with Crippen molar-refractivity contribution >= 4 is 34.5 Å². The average molecular weight is 434 g/mol. The maximum Gasteiger partial charge on any atom is 0.258 e. The zero-order chi connectivity index (χ0) is 16.5. The van der Waals surface area contributed by atoms with Crippen molar-refractivity contribution in [1.82, 2.24) is 14.6 Å². The van der Waals surface area contributed by atoms with Crippen molar-refractivity contribution in [2.75, 3.05) is 3.11 Å². The molecule has 1 saturated carbocycles. The zero-order valence-electron chi connectivity index (χ0n) is 14.0. The predicted molar refractivity (Wildman–Crippen MR) is 106 cm³/mol. The van der Waals surface area contributed by atoms with Gasteiger partial charge in [0.1, 0.15) is 0 Å². The second kappa shape index (κ2) is 6.86. The van der Waals surface area contributed by atoms with E-state index in [-0.39, 0.29) is 0 Å². The van der Waals surface area contributed by atoms with Gasteiger partial charge in [-0.3, -0.25) is 3.11 Å². The highest BCUT2D eigenvalue weighted by molar-refractivity contribution is 14.1. The molecule has 5 heteroatoms. The summed E-state index contributed by atoms with van der Waals surface area (Å²) in [6.07, 6.45) is 14.2. The van der Waals surface area contributed by atoms with Crippen LogP contribution in [0.4, 0.5) is 5.95 Å². The van der Waals surface area contributed by atoms with E-state index < -0.39 is 0 Å². The lowest BCUT2D eigenvalue weighted by Crippen LogP contribution is -2.15. The lowest BCUT2D eigenvalue weighted by Gasteiger charge is -2.22. The van der Waals surface area contributed by atoms with Gasteiger partial charge >= 0.3 is 0 Å². The number of rotatable bonds is 3. The first kappa shape index (κ1) is 16.1. The summed E-state index contributed by atoms with van der Waals surface area (Å²) in [5, 5.41) is 4.85. The number of hydrogen-bond donors (Lipinski definition) is 0. The summed E-state index contributed by atoms with van der Waals surface area (Å²) >= 11 is 2.33. The van der Waals surface area contributed by atoms with Gasteiger partial charge < -0.3 is 0 Å². The highest BCUT2D eigenvalue weighted by Crippen LogP contribution is 2.34. The van der Waals surface area contributed by atoms with Crippen LogP contribution in [0.25, 0.3) is 5.65 Å². The van der Waals surface area contributed by atoms with Gasteiger partial charge in [-0.05, 0) is 43.4 Å². The van der Waals surface area contributed by atoms with E-state index in [9.17, 15) is 0 Å². The zero-order valence-corrected chi connectivity index (χ0v) is 16.2. The molecule has 0 amide bonds. The highest BCUT2D eigenvalue weighted by Gasteiger charge is 2.22. The van der Waals surface area contributed by atoms with Gasteiger partial charge in [-0.25, -0.2) is 4.52 Å². The number of pyridine rings is 1. The van der Waals surface area contributed by atoms with E-state index in [0.29, 0.717) is 11.8 Å². The van der Waals surface area contributed by atoms with E-state index in [1.807, 2.05) is 0 Å². The molecule has 126 valence electrons. The smallest absolute Gasteiger partial charge is 0.253 e. The van der Waals surface area contributed by atoms with Crippen LogP contribution in [0.1, 0.15) is 57.1 Å². The normalized spacial score (nSPS) is 21.9. The molecule has 0 saturated heterocycles. The van der Waals surface area contributed by atoms with Crippen molar-refractivity contribution in [3.05, 3.63) is 47.8 Å². The summed E-state index contributed by atoms with van der Waals surface area (Å²) in [5.41, 5.74) is 3.54. The molecule has 0 N–H and O–H groups in total. The topological polar surface area (TPSA) is 33.4 Å². The quantitative estimate of drug-likeness (QED) is 0.478. The molecule has 0 spiro atoms. The molecular formula is C19H23IN4. The molecule has 1 atom stereocenters. The fraction of sp³-hybridized carbons (Fsp3) is 0.474. The Morgan fingerprint density at radius 1 is 1.21 bits per heavy atom. The first-order chi connectivity index (χ1) is 11.7. The van der Waals surface area contributed by atoms with E-state index in [2.05, 4.69) is 73.8 Å². The Balaban J connectivity index is 1.68. The monoisotopic (exact) mass is 434 g/mol. The molecule has 4 nitrogen and oxygen atoms in total. The summed E-state index contributed by atoms with van der Waals surface area (Å²) in [4.78, 5) is 4.77. The Morgan fingerprint density at radius 3 is 2.83 bits per heavy atom. The molecule has 0 bridgehead atoms. The summed E-state index contributed by atoms with van der Waals surface area (Å²) < 4.78 is 4.18. The second-order valence-electron chi connectivity index (χ2n) is 6.97. The van der Waals surface area contributed by atoms with E-state index in [0.717, 1.165) is 18.0 Å². The van der Waals surface area contributed by atoms with Crippen molar-refractivity contribution in [1.29, 1.82) is 0 Å². The molecule has 2 aliphatic carbocycles. The Kier molecular flexibility index (Phi) is 4.61. The summed E-state index contributed by atoms with van der Waals surface area (Å²) in [6.45, 7) is 2.24. The van der Waals surface area contributed by atoms with E-state index >= 15 is 0 Å². The predicted octanol–water partition coefficient (Wildman–Crippen LogP) is 5.41. The van der Waals surface area contributed by atoms with Gasteiger partial charge in [-0.15, -0.1) is 5.10 Å². The number of halogens is 1. The van der Waals surface area contributed by atoms with Crippen molar-refractivity contribution in [3.8, 4) is 0 Å². The number of allylic oxidation sites excluding steroid dienone is 4. The van der Waals surface area contributed by atoms with Crippen molar-refractivity contribution in [3.63, 3.8) is 0 Å². The molecule has 2 aliphatic rings. The minimum absolute atomic E-state index is 0.567. The first-order valence-electron chi connectivity index (χ1n) is 8.91. The van der Waals surface area contributed by atoms with Gasteiger partial charge in [-0.2, -0.15) is 4.98 Å². The molecular weight excluding hydrogens is 411 g/mol. The molecule has 4 rings (SSSR count). The van der Waals surface area contributed by atoms with Gasteiger partial charge in [0.05, 0.1) is 22.9 Å². The molecule has 0 aliphatic heterocycles. The van der Waals surface area contributed by atoms with Crippen LogP contribution in [0.2, 0.25) is 0 Å². The Labute approximate surface area is 157 Å².